The van der Waals surface area contributed by atoms with Crippen LogP contribution in [0.4, 0.5) is 5.82 Å². The van der Waals surface area contributed by atoms with Crippen molar-refractivity contribution < 1.29 is 9.90 Å². The lowest BCUT2D eigenvalue weighted by Crippen LogP contribution is -2.47. The summed E-state index contributed by atoms with van der Waals surface area (Å²) in [7, 11) is 0. The molecule has 2 heterocycles. The maximum Gasteiger partial charge on any atom is 0.306 e. The first-order valence-electron chi connectivity index (χ1n) is 9.25. The van der Waals surface area contributed by atoms with Gasteiger partial charge in [0.05, 0.1) is 11.3 Å². The molecule has 6 heteroatoms. The van der Waals surface area contributed by atoms with E-state index in [1.165, 1.54) is 10.1 Å². The molecule has 2 N–H and O–H groups in total. The van der Waals surface area contributed by atoms with E-state index in [0.29, 0.717) is 11.5 Å². The Kier molecular flexibility index (Phi) is 3.64. The van der Waals surface area contributed by atoms with Crippen molar-refractivity contribution >= 4 is 43.4 Å². The maximum atomic E-state index is 11.2. The zero-order valence-corrected chi connectivity index (χ0v) is 15.3. The number of carboxylic acid groups (broad SMARTS) is 1. The third-order valence-corrected chi connectivity index (χ3v) is 7.35. The fourth-order valence-corrected chi connectivity index (χ4v) is 5.88. The number of carbonyl (C=O) groups is 1. The first-order valence-corrected chi connectivity index (χ1v) is 10.1. The second-order valence-corrected chi connectivity index (χ2v) is 8.89. The molecule has 0 amide bonds. The molecule has 134 valence electrons. The number of anilines is 1. The van der Waals surface area contributed by atoms with E-state index in [9.17, 15) is 9.90 Å². The van der Waals surface area contributed by atoms with Gasteiger partial charge in [0.1, 0.15) is 17.0 Å². The monoisotopic (exact) mass is 367 g/mol. The van der Waals surface area contributed by atoms with Crippen LogP contribution in [0, 0.1) is 11.3 Å². The van der Waals surface area contributed by atoms with Crippen molar-refractivity contribution in [3.63, 3.8) is 0 Å². The number of aliphatic carboxylic acids is 1. The van der Waals surface area contributed by atoms with Gasteiger partial charge in [0.15, 0.2) is 0 Å². The van der Waals surface area contributed by atoms with Crippen LogP contribution >= 0.6 is 11.3 Å². The van der Waals surface area contributed by atoms with Gasteiger partial charge in [-0.1, -0.05) is 18.2 Å². The zero-order chi connectivity index (χ0) is 17.7. The SMILES string of the molecule is O=C(O)C1CCC2(CC1)CC(Nc1ncnc3sc4ccccc4c13)C2. The van der Waals surface area contributed by atoms with Gasteiger partial charge in [-0.15, -0.1) is 11.3 Å². The summed E-state index contributed by atoms with van der Waals surface area (Å²) in [5.41, 5.74) is 0.354. The van der Waals surface area contributed by atoms with Crippen LogP contribution in [0.2, 0.25) is 0 Å². The fraction of sp³-hybridized carbons (Fsp3) is 0.450. The molecule has 26 heavy (non-hydrogen) atoms. The molecule has 0 atom stereocenters. The summed E-state index contributed by atoms with van der Waals surface area (Å²) >= 11 is 1.71. The number of thiophene rings is 1. The van der Waals surface area contributed by atoms with Crippen molar-refractivity contribution in [2.75, 3.05) is 5.32 Å². The van der Waals surface area contributed by atoms with E-state index in [1.54, 1.807) is 17.7 Å². The van der Waals surface area contributed by atoms with Gasteiger partial charge in [0.25, 0.3) is 0 Å². The van der Waals surface area contributed by atoms with Crippen molar-refractivity contribution in [1.29, 1.82) is 0 Å². The van der Waals surface area contributed by atoms with Gasteiger partial charge in [-0.25, -0.2) is 9.97 Å². The van der Waals surface area contributed by atoms with Gasteiger partial charge in [-0.05, 0) is 50.0 Å². The lowest BCUT2D eigenvalue weighted by Gasteiger charge is -2.51. The minimum absolute atomic E-state index is 0.133. The number of carboxylic acids is 1. The van der Waals surface area contributed by atoms with E-state index in [1.807, 2.05) is 0 Å². The standard InChI is InChI=1S/C20H21N3O2S/c24-19(25)12-5-7-20(8-6-12)9-13(10-20)23-17-16-14-3-1-2-4-15(14)26-18(16)22-11-21-17/h1-4,11-13H,5-10H2,(H,24,25)(H,21,22,23). The third-order valence-electron chi connectivity index (χ3n) is 6.27. The molecular formula is C20H21N3O2S. The number of hydrogen-bond donors (Lipinski definition) is 2. The summed E-state index contributed by atoms with van der Waals surface area (Å²) in [4.78, 5) is 21.2. The van der Waals surface area contributed by atoms with Crippen LogP contribution < -0.4 is 5.32 Å². The van der Waals surface area contributed by atoms with E-state index >= 15 is 0 Å². The number of nitrogens with one attached hydrogen (secondary N) is 1. The molecule has 5 nitrogen and oxygen atoms in total. The summed E-state index contributed by atoms with van der Waals surface area (Å²) in [6, 6.07) is 8.81. The molecule has 2 aromatic heterocycles. The summed E-state index contributed by atoms with van der Waals surface area (Å²) in [6.45, 7) is 0. The molecule has 1 spiro atoms. The summed E-state index contributed by atoms with van der Waals surface area (Å²) in [6.07, 6.45) is 7.63. The van der Waals surface area contributed by atoms with Crippen LogP contribution in [0.5, 0.6) is 0 Å². The van der Waals surface area contributed by atoms with Crippen LogP contribution in [-0.4, -0.2) is 27.1 Å². The van der Waals surface area contributed by atoms with Crippen LogP contribution in [0.15, 0.2) is 30.6 Å². The molecule has 0 radical (unpaired) electrons. The first-order chi connectivity index (χ1) is 12.6. The molecule has 0 saturated heterocycles. The topological polar surface area (TPSA) is 75.1 Å². The highest BCUT2D eigenvalue weighted by Crippen LogP contribution is 2.53. The van der Waals surface area contributed by atoms with Gasteiger partial charge in [-0.3, -0.25) is 4.79 Å². The zero-order valence-electron chi connectivity index (χ0n) is 14.4. The normalized spacial score (nSPS) is 28.3. The molecular weight excluding hydrogens is 346 g/mol. The summed E-state index contributed by atoms with van der Waals surface area (Å²) in [5, 5.41) is 15.2. The highest BCUT2D eigenvalue weighted by atomic mass is 32.1. The average Bonchev–Trinajstić information content (AvgIpc) is 3.00. The molecule has 1 aromatic carbocycles. The molecule has 0 unspecified atom stereocenters. The third kappa shape index (κ3) is 2.55. The molecule has 2 saturated carbocycles. The number of rotatable bonds is 3. The Hall–Kier alpha value is -2.21. The highest BCUT2D eigenvalue weighted by Gasteiger charge is 2.47. The van der Waals surface area contributed by atoms with Crippen LogP contribution in [0.1, 0.15) is 38.5 Å². The highest BCUT2D eigenvalue weighted by molar-refractivity contribution is 7.25. The van der Waals surface area contributed by atoms with Crippen molar-refractivity contribution in [1.82, 2.24) is 9.97 Å². The van der Waals surface area contributed by atoms with Crippen LogP contribution in [-0.2, 0) is 4.79 Å². The van der Waals surface area contributed by atoms with Crippen LogP contribution in [0.3, 0.4) is 0 Å². The average molecular weight is 367 g/mol. The largest absolute Gasteiger partial charge is 0.481 e. The minimum Gasteiger partial charge on any atom is -0.481 e. The van der Waals surface area contributed by atoms with Gasteiger partial charge < -0.3 is 10.4 Å². The fourth-order valence-electron chi connectivity index (χ4n) is 4.83. The van der Waals surface area contributed by atoms with Crippen molar-refractivity contribution in [3.8, 4) is 0 Å². The smallest absolute Gasteiger partial charge is 0.306 e. The molecule has 2 fully saturated rings. The molecule has 2 aliphatic carbocycles. The van der Waals surface area contributed by atoms with Crippen LogP contribution in [0.25, 0.3) is 20.3 Å². The van der Waals surface area contributed by atoms with E-state index in [4.69, 9.17) is 0 Å². The Balaban J connectivity index is 1.34. The predicted octanol–water partition coefficient (Wildman–Crippen LogP) is 4.68. The quantitative estimate of drug-likeness (QED) is 0.703. The number of fused-ring (bicyclic) bond motifs is 3. The number of nitrogens with zero attached hydrogens (tertiary/aromatic N) is 2. The number of benzene rings is 1. The number of aromatic nitrogens is 2. The van der Waals surface area contributed by atoms with Gasteiger partial charge >= 0.3 is 5.97 Å². The molecule has 5 rings (SSSR count). The summed E-state index contributed by atoms with van der Waals surface area (Å²) in [5.74, 6) is 0.180. The summed E-state index contributed by atoms with van der Waals surface area (Å²) < 4.78 is 1.24. The Labute approximate surface area is 155 Å². The maximum absolute atomic E-state index is 11.2. The van der Waals surface area contributed by atoms with E-state index in [-0.39, 0.29) is 5.92 Å². The molecule has 0 aliphatic heterocycles. The lowest BCUT2D eigenvalue weighted by molar-refractivity contribution is -0.144. The first kappa shape index (κ1) is 16.0. The second kappa shape index (κ2) is 5.91. The van der Waals surface area contributed by atoms with Gasteiger partial charge in [0.2, 0.25) is 0 Å². The Morgan fingerprint density at radius 2 is 1.96 bits per heavy atom. The molecule has 2 aliphatic rings. The Bertz CT molecular complexity index is 983. The van der Waals surface area contributed by atoms with E-state index in [2.05, 4.69) is 39.6 Å². The van der Waals surface area contributed by atoms with E-state index < -0.39 is 5.97 Å². The second-order valence-electron chi connectivity index (χ2n) is 7.86. The predicted molar refractivity (Wildman–Crippen MR) is 104 cm³/mol. The van der Waals surface area contributed by atoms with Crippen molar-refractivity contribution in [2.45, 2.75) is 44.6 Å². The molecule has 3 aromatic rings. The minimum atomic E-state index is -0.624. The number of hydrogen-bond acceptors (Lipinski definition) is 5. The Morgan fingerprint density at radius 1 is 1.19 bits per heavy atom. The van der Waals surface area contributed by atoms with Gasteiger partial charge in [-0.2, -0.15) is 0 Å². The van der Waals surface area contributed by atoms with Crippen molar-refractivity contribution in [2.24, 2.45) is 11.3 Å². The lowest BCUT2D eigenvalue weighted by atomic mass is 9.57. The molecule has 0 bridgehead atoms. The Morgan fingerprint density at radius 3 is 2.73 bits per heavy atom. The van der Waals surface area contributed by atoms with E-state index in [0.717, 1.165) is 54.6 Å². The van der Waals surface area contributed by atoms with Crippen molar-refractivity contribution in [3.05, 3.63) is 30.6 Å². The van der Waals surface area contributed by atoms with Gasteiger partial charge in [0, 0.05) is 16.1 Å².